The van der Waals surface area contributed by atoms with Gasteiger partial charge in [0.2, 0.25) is 5.91 Å². The Bertz CT molecular complexity index is 772. The summed E-state index contributed by atoms with van der Waals surface area (Å²) in [5.41, 5.74) is 2.01. The van der Waals surface area contributed by atoms with Crippen LogP contribution in [0.5, 0.6) is 11.5 Å². The predicted molar refractivity (Wildman–Crippen MR) is 117 cm³/mol. The molecule has 0 radical (unpaired) electrons. The molecule has 0 heterocycles. The molecule has 0 aliphatic carbocycles. The zero-order valence-corrected chi connectivity index (χ0v) is 17.4. The molecule has 0 bridgehead atoms. The van der Waals surface area contributed by atoms with Gasteiger partial charge in [0.05, 0.1) is 6.61 Å². The molecule has 2 N–H and O–H groups in total. The molecular weight excluding hydrogens is 370 g/mol. The molecule has 0 fully saturated rings. The summed E-state index contributed by atoms with van der Waals surface area (Å²) in [5, 5.41) is 12.2. The summed E-state index contributed by atoms with van der Waals surface area (Å²) in [5.74, 6) is 0.994. The molecule has 0 aliphatic rings. The first-order chi connectivity index (χ1) is 13.6. The summed E-state index contributed by atoms with van der Waals surface area (Å²) in [6, 6.07) is 13.0. The summed E-state index contributed by atoms with van der Waals surface area (Å²) in [4.78, 5) is 13.1. The van der Waals surface area contributed by atoms with E-state index in [2.05, 4.69) is 12.2 Å². The van der Waals surface area contributed by atoms with Crippen molar-refractivity contribution in [3.05, 3.63) is 59.7 Å². The maximum Gasteiger partial charge on any atom is 0.244 e. The normalized spacial score (nSPS) is 10.9. The Morgan fingerprint density at radius 3 is 2.68 bits per heavy atom. The van der Waals surface area contributed by atoms with Gasteiger partial charge in [-0.1, -0.05) is 38.0 Å². The van der Waals surface area contributed by atoms with Crippen LogP contribution in [0.2, 0.25) is 0 Å². The van der Waals surface area contributed by atoms with Crippen LogP contribution in [-0.4, -0.2) is 30.4 Å². The van der Waals surface area contributed by atoms with Crippen molar-refractivity contribution in [2.75, 3.05) is 19.4 Å². The lowest BCUT2D eigenvalue weighted by molar-refractivity contribution is -0.116. The van der Waals surface area contributed by atoms with Gasteiger partial charge >= 0.3 is 0 Å². The van der Waals surface area contributed by atoms with Crippen LogP contribution in [0.25, 0.3) is 6.08 Å². The zero-order chi connectivity index (χ0) is 20.2. The highest BCUT2D eigenvalue weighted by Gasteiger charge is 2.04. The van der Waals surface area contributed by atoms with E-state index in [4.69, 9.17) is 4.74 Å². The molecule has 4 nitrogen and oxygen atoms in total. The first kappa shape index (κ1) is 21.9. The van der Waals surface area contributed by atoms with Crippen molar-refractivity contribution < 1.29 is 14.6 Å². The first-order valence-electron chi connectivity index (χ1n) is 9.67. The molecule has 0 saturated carbocycles. The van der Waals surface area contributed by atoms with Gasteiger partial charge in [0.25, 0.3) is 0 Å². The molecule has 5 heteroatoms. The second-order valence-electron chi connectivity index (χ2n) is 6.51. The number of unbranched alkanes of at least 4 members (excludes halogenated alkanes) is 2. The second-order valence-corrected chi connectivity index (χ2v) is 7.35. The number of phenols is 1. The van der Waals surface area contributed by atoms with E-state index in [0.717, 1.165) is 34.6 Å². The van der Waals surface area contributed by atoms with Gasteiger partial charge in [-0.25, -0.2) is 0 Å². The molecule has 1 amide bonds. The molecule has 2 aromatic rings. The molecule has 0 saturated heterocycles. The van der Waals surface area contributed by atoms with E-state index < -0.39 is 0 Å². The van der Waals surface area contributed by atoms with E-state index >= 15 is 0 Å². The monoisotopic (exact) mass is 399 g/mol. The number of carbonyl (C=O) groups is 1. The van der Waals surface area contributed by atoms with Crippen molar-refractivity contribution in [2.45, 2.75) is 37.5 Å². The summed E-state index contributed by atoms with van der Waals surface area (Å²) < 4.78 is 5.93. The van der Waals surface area contributed by atoms with Crippen molar-refractivity contribution in [2.24, 2.45) is 0 Å². The van der Waals surface area contributed by atoms with Crippen molar-refractivity contribution in [1.82, 2.24) is 5.32 Å². The number of phenolic OH excluding ortho intramolecular Hbond substituents is 1. The van der Waals surface area contributed by atoms with Gasteiger partial charge in [-0.15, -0.1) is 11.8 Å². The molecule has 150 valence electrons. The third kappa shape index (κ3) is 7.69. The number of aromatic hydroxyl groups is 1. The Hall–Kier alpha value is -2.40. The molecule has 0 atom stereocenters. The molecule has 0 spiro atoms. The van der Waals surface area contributed by atoms with Crippen molar-refractivity contribution in [1.29, 1.82) is 0 Å². The number of ether oxygens (including phenoxy) is 1. The highest BCUT2D eigenvalue weighted by Crippen LogP contribution is 2.29. The average Bonchev–Trinajstić information content (AvgIpc) is 2.71. The Morgan fingerprint density at radius 1 is 1.18 bits per heavy atom. The number of carbonyl (C=O) groups excluding carboxylic acids is 1. The summed E-state index contributed by atoms with van der Waals surface area (Å²) in [6.07, 6.45) is 9.49. The lowest BCUT2D eigenvalue weighted by Gasteiger charge is -2.11. The number of benzene rings is 2. The number of nitrogens with one attached hydrogen (secondary N) is 1. The van der Waals surface area contributed by atoms with Gasteiger partial charge in [-0.2, -0.15) is 0 Å². The van der Waals surface area contributed by atoms with Crippen LogP contribution in [-0.2, 0) is 11.2 Å². The van der Waals surface area contributed by atoms with E-state index in [1.165, 1.54) is 12.8 Å². The minimum Gasteiger partial charge on any atom is -0.508 e. The molecule has 28 heavy (non-hydrogen) atoms. The van der Waals surface area contributed by atoms with Crippen LogP contribution in [0.15, 0.2) is 53.4 Å². The fourth-order valence-corrected chi connectivity index (χ4v) is 3.19. The quantitative estimate of drug-likeness (QED) is 0.315. The smallest absolute Gasteiger partial charge is 0.244 e. The standard InChI is InChI=1S/C23H29NO3S/c1-3-4-5-16-27-21-17-19(8-12-22(21)28-2)9-13-23(26)24-15-14-18-6-10-20(25)11-7-18/h6-13,17,25H,3-5,14-16H2,1-2H3,(H,24,26)/b13-9+. The molecule has 0 aliphatic heterocycles. The van der Waals surface area contributed by atoms with E-state index in [9.17, 15) is 9.90 Å². The van der Waals surface area contributed by atoms with Gasteiger partial charge in [-0.3, -0.25) is 4.79 Å². The van der Waals surface area contributed by atoms with Crippen LogP contribution in [0.3, 0.4) is 0 Å². The minimum absolute atomic E-state index is 0.127. The Morgan fingerprint density at radius 2 is 1.96 bits per heavy atom. The van der Waals surface area contributed by atoms with E-state index in [1.54, 1.807) is 36.0 Å². The van der Waals surface area contributed by atoms with Gasteiger partial charge in [0.15, 0.2) is 0 Å². The third-order valence-corrected chi connectivity index (χ3v) is 5.05. The number of rotatable bonds is 11. The average molecular weight is 400 g/mol. The fourth-order valence-electron chi connectivity index (χ4n) is 2.67. The fraction of sp³-hybridized carbons (Fsp3) is 0.348. The SMILES string of the molecule is CCCCCOc1cc(/C=C/C(=O)NCCc2ccc(O)cc2)ccc1SC. The minimum atomic E-state index is -0.127. The van der Waals surface area contributed by atoms with Gasteiger partial charge < -0.3 is 15.2 Å². The van der Waals surface area contributed by atoms with Gasteiger partial charge in [-0.05, 0) is 60.6 Å². The number of hydrogen-bond acceptors (Lipinski definition) is 4. The maximum absolute atomic E-state index is 12.0. The van der Waals surface area contributed by atoms with Crippen molar-refractivity contribution >= 4 is 23.7 Å². The van der Waals surface area contributed by atoms with Gasteiger partial charge in [0, 0.05) is 17.5 Å². The summed E-state index contributed by atoms with van der Waals surface area (Å²) >= 11 is 1.66. The summed E-state index contributed by atoms with van der Waals surface area (Å²) in [7, 11) is 0. The predicted octanol–water partition coefficient (Wildman–Crippen LogP) is 5.06. The Kier molecular flexibility index (Phi) is 9.49. The summed E-state index contributed by atoms with van der Waals surface area (Å²) in [6.45, 7) is 3.44. The Labute approximate surface area is 172 Å². The number of hydrogen-bond donors (Lipinski definition) is 2. The maximum atomic E-state index is 12.0. The number of amides is 1. The van der Waals surface area contributed by atoms with Crippen LogP contribution >= 0.6 is 11.8 Å². The van der Waals surface area contributed by atoms with Crippen LogP contribution in [0.1, 0.15) is 37.3 Å². The van der Waals surface area contributed by atoms with E-state index in [-0.39, 0.29) is 11.7 Å². The molecule has 0 aromatic heterocycles. The number of thioether (sulfide) groups is 1. The third-order valence-electron chi connectivity index (χ3n) is 4.27. The van der Waals surface area contributed by atoms with Crippen LogP contribution in [0.4, 0.5) is 0 Å². The van der Waals surface area contributed by atoms with E-state index in [0.29, 0.717) is 13.2 Å². The van der Waals surface area contributed by atoms with Crippen molar-refractivity contribution in [3.8, 4) is 11.5 Å². The second kappa shape index (κ2) is 12.1. The zero-order valence-electron chi connectivity index (χ0n) is 16.6. The topological polar surface area (TPSA) is 58.6 Å². The van der Waals surface area contributed by atoms with Crippen LogP contribution in [0, 0.1) is 0 Å². The first-order valence-corrected chi connectivity index (χ1v) is 10.9. The van der Waals surface area contributed by atoms with Crippen LogP contribution < -0.4 is 10.1 Å². The molecule has 0 unspecified atom stereocenters. The molecular formula is C23H29NO3S. The van der Waals surface area contributed by atoms with Gasteiger partial charge in [0.1, 0.15) is 11.5 Å². The lowest BCUT2D eigenvalue weighted by Crippen LogP contribution is -2.23. The highest BCUT2D eigenvalue weighted by molar-refractivity contribution is 7.98. The highest BCUT2D eigenvalue weighted by atomic mass is 32.2. The molecule has 2 rings (SSSR count). The largest absolute Gasteiger partial charge is 0.508 e. The van der Waals surface area contributed by atoms with Crippen molar-refractivity contribution in [3.63, 3.8) is 0 Å². The lowest BCUT2D eigenvalue weighted by atomic mass is 10.1. The molecule has 2 aromatic carbocycles. The Balaban J connectivity index is 1.85. The van der Waals surface area contributed by atoms with E-state index in [1.807, 2.05) is 36.6 Å².